The van der Waals surface area contributed by atoms with E-state index in [1.54, 1.807) is 6.07 Å². The van der Waals surface area contributed by atoms with E-state index in [2.05, 4.69) is 34.0 Å². The molecule has 1 atom stereocenters. The third-order valence-electron chi connectivity index (χ3n) is 4.89. The van der Waals surface area contributed by atoms with Crippen LogP contribution in [0.3, 0.4) is 0 Å². The van der Waals surface area contributed by atoms with Gasteiger partial charge in [-0.05, 0) is 27.4 Å². The quantitative estimate of drug-likeness (QED) is 0.328. The van der Waals surface area contributed by atoms with E-state index in [1.807, 2.05) is 23.9 Å². The van der Waals surface area contributed by atoms with Gasteiger partial charge in [0.25, 0.3) is 0 Å². The highest BCUT2D eigenvalue weighted by atomic mass is 35.5. The van der Waals surface area contributed by atoms with Gasteiger partial charge in [-0.2, -0.15) is 0 Å². The van der Waals surface area contributed by atoms with Crippen LogP contribution < -0.4 is 10.2 Å². The average Bonchev–Trinajstić information content (AvgIpc) is 2.69. The number of unbranched alkanes of at least 4 members (excludes halogenated alkanes) is 1. The van der Waals surface area contributed by atoms with Gasteiger partial charge in [0.05, 0.1) is 5.75 Å². The first-order valence-corrected chi connectivity index (χ1v) is 11.8. The number of rotatable bonds is 10. The van der Waals surface area contributed by atoms with Crippen molar-refractivity contribution in [3.8, 4) is 0 Å². The highest BCUT2D eigenvalue weighted by Gasteiger charge is 2.28. The lowest BCUT2D eigenvalue weighted by molar-refractivity contribution is -0.133. The van der Waals surface area contributed by atoms with Crippen molar-refractivity contribution in [2.75, 3.05) is 57.5 Å². The van der Waals surface area contributed by atoms with E-state index in [1.165, 1.54) is 11.8 Å². The summed E-state index contributed by atoms with van der Waals surface area (Å²) in [5, 5.41) is 3.71. The summed E-state index contributed by atoms with van der Waals surface area (Å²) in [6, 6.07) is 1.85. The third kappa shape index (κ3) is 7.92. The number of anilines is 1. The number of piperazine rings is 1. The molecule has 8 nitrogen and oxygen atoms in total. The molecule has 0 aromatic carbocycles. The molecular formula is C20H33ClN6O2S. The minimum Gasteiger partial charge on any atom is -0.354 e. The van der Waals surface area contributed by atoms with Gasteiger partial charge in [0, 0.05) is 51.3 Å². The fourth-order valence-electron chi connectivity index (χ4n) is 3.22. The van der Waals surface area contributed by atoms with E-state index in [9.17, 15) is 9.59 Å². The smallest absolute Gasteiger partial charge is 0.230 e. The van der Waals surface area contributed by atoms with Crippen LogP contribution in [0.4, 0.5) is 5.82 Å². The molecule has 1 saturated heterocycles. The van der Waals surface area contributed by atoms with Crippen molar-refractivity contribution >= 4 is 41.0 Å². The number of thioether (sulfide) groups is 1. The summed E-state index contributed by atoms with van der Waals surface area (Å²) in [4.78, 5) is 39.3. The Labute approximate surface area is 188 Å². The molecule has 0 bridgehead atoms. The Hall–Kier alpha value is -1.58. The molecule has 2 rings (SSSR count). The molecule has 1 N–H and O–H groups in total. The summed E-state index contributed by atoms with van der Waals surface area (Å²) >= 11 is 7.49. The maximum Gasteiger partial charge on any atom is 0.230 e. The highest BCUT2D eigenvalue weighted by Crippen LogP contribution is 2.24. The summed E-state index contributed by atoms with van der Waals surface area (Å²) in [6.07, 6.45) is 2.56. The average molecular weight is 457 g/mol. The van der Waals surface area contributed by atoms with Gasteiger partial charge in [-0.3, -0.25) is 9.59 Å². The van der Waals surface area contributed by atoms with Crippen molar-refractivity contribution in [3.05, 3.63) is 11.2 Å². The minimum atomic E-state index is -0.0557. The second-order valence-corrected chi connectivity index (χ2v) is 9.09. The van der Waals surface area contributed by atoms with Crippen LogP contribution in [-0.4, -0.2) is 90.2 Å². The SMILES string of the molecule is CCCCC(=O)N1CCN(c2cc(Cl)nc(SCC(=O)NCCN(C)C)n2)CC1C. The second kappa shape index (κ2) is 12.3. The molecule has 1 fully saturated rings. The van der Waals surface area contributed by atoms with Crippen LogP contribution in [0, 0.1) is 0 Å². The lowest BCUT2D eigenvalue weighted by atomic mass is 10.1. The predicted octanol–water partition coefficient (Wildman–Crippen LogP) is 2.13. The first kappa shape index (κ1) is 24.7. The molecule has 0 radical (unpaired) electrons. The number of carbonyl (C=O) groups excluding carboxylic acids is 2. The molecule has 0 spiro atoms. The maximum absolute atomic E-state index is 12.4. The van der Waals surface area contributed by atoms with Crippen molar-refractivity contribution in [1.82, 2.24) is 25.1 Å². The zero-order valence-electron chi connectivity index (χ0n) is 18.4. The first-order chi connectivity index (χ1) is 14.3. The Morgan fingerprint density at radius 1 is 1.33 bits per heavy atom. The molecule has 1 aromatic rings. The van der Waals surface area contributed by atoms with Gasteiger partial charge in [-0.1, -0.05) is 36.7 Å². The predicted molar refractivity (Wildman–Crippen MR) is 122 cm³/mol. The molecule has 10 heteroatoms. The van der Waals surface area contributed by atoms with Crippen LogP contribution in [0.1, 0.15) is 33.1 Å². The number of hydrogen-bond acceptors (Lipinski definition) is 7. The van der Waals surface area contributed by atoms with Crippen LogP contribution in [-0.2, 0) is 9.59 Å². The molecular weight excluding hydrogens is 424 g/mol. The van der Waals surface area contributed by atoms with Crippen molar-refractivity contribution < 1.29 is 9.59 Å². The normalized spacial score (nSPS) is 16.8. The van der Waals surface area contributed by atoms with E-state index in [-0.39, 0.29) is 23.6 Å². The lowest BCUT2D eigenvalue weighted by Gasteiger charge is -2.40. The fraction of sp³-hybridized carbons (Fsp3) is 0.700. The van der Waals surface area contributed by atoms with Gasteiger partial charge < -0.3 is 20.0 Å². The van der Waals surface area contributed by atoms with Crippen LogP contribution in [0.25, 0.3) is 0 Å². The van der Waals surface area contributed by atoms with Gasteiger partial charge in [-0.15, -0.1) is 0 Å². The van der Waals surface area contributed by atoms with Crippen molar-refractivity contribution in [2.45, 2.75) is 44.3 Å². The summed E-state index contributed by atoms with van der Waals surface area (Å²) in [7, 11) is 3.92. The molecule has 2 heterocycles. The van der Waals surface area contributed by atoms with E-state index in [0.29, 0.717) is 42.9 Å². The van der Waals surface area contributed by atoms with Crippen LogP contribution in [0.2, 0.25) is 5.15 Å². The number of halogens is 1. The molecule has 1 aromatic heterocycles. The van der Waals surface area contributed by atoms with E-state index in [0.717, 1.165) is 25.2 Å². The number of likely N-dealkylation sites (N-methyl/N-ethyl adjacent to an activating group) is 1. The van der Waals surface area contributed by atoms with Crippen LogP contribution in [0.15, 0.2) is 11.2 Å². The summed E-state index contributed by atoms with van der Waals surface area (Å²) < 4.78 is 0. The summed E-state index contributed by atoms with van der Waals surface area (Å²) in [5.41, 5.74) is 0. The highest BCUT2D eigenvalue weighted by molar-refractivity contribution is 7.99. The molecule has 168 valence electrons. The largest absolute Gasteiger partial charge is 0.354 e. The maximum atomic E-state index is 12.4. The monoisotopic (exact) mass is 456 g/mol. The fourth-order valence-corrected chi connectivity index (χ4v) is 4.13. The standard InChI is InChI=1S/C20H33ClN6O2S/c1-5-6-7-19(29)27-11-10-26(13-15(27)2)17-12-16(21)23-20(24-17)30-14-18(28)22-8-9-25(3)4/h12,15H,5-11,13-14H2,1-4H3,(H,22,28). The molecule has 30 heavy (non-hydrogen) atoms. The van der Waals surface area contributed by atoms with E-state index >= 15 is 0 Å². The van der Waals surface area contributed by atoms with Crippen molar-refractivity contribution in [3.63, 3.8) is 0 Å². The summed E-state index contributed by atoms with van der Waals surface area (Å²) in [6.45, 7) is 7.61. The minimum absolute atomic E-state index is 0.0557. The van der Waals surface area contributed by atoms with E-state index in [4.69, 9.17) is 11.6 Å². The Bertz CT molecular complexity index is 721. The number of nitrogens with one attached hydrogen (secondary N) is 1. The third-order valence-corrected chi connectivity index (χ3v) is 5.93. The molecule has 1 aliphatic rings. The molecule has 1 aliphatic heterocycles. The molecule has 1 unspecified atom stereocenters. The molecule has 0 aliphatic carbocycles. The van der Waals surface area contributed by atoms with Crippen LogP contribution >= 0.6 is 23.4 Å². The van der Waals surface area contributed by atoms with E-state index < -0.39 is 0 Å². The number of carbonyl (C=O) groups is 2. The summed E-state index contributed by atoms with van der Waals surface area (Å²) in [5.74, 6) is 1.14. The molecule has 2 amide bonds. The van der Waals surface area contributed by atoms with Crippen LogP contribution in [0.5, 0.6) is 0 Å². The number of nitrogens with zero attached hydrogens (tertiary/aromatic N) is 5. The Morgan fingerprint density at radius 3 is 2.77 bits per heavy atom. The molecule has 0 saturated carbocycles. The van der Waals surface area contributed by atoms with Crippen molar-refractivity contribution in [2.24, 2.45) is 0 Å². The topological polar surface area (TPSA) is 81.7 Å². The Morgan fingerprint density at radius 2 is 2.10 bits per heavy atom. The lowest BCUT2D eigenvalue weighted by Crippen LogP contribution is -2.54. The number of hydrogen-bond donors (Lipinski definition) is 1. The van der Waals surface area contributed by atoms with Gasteiger partial charge in [0.15, 0.2) is 5.16 Å². The van der Waals surface area contributed by atoms with Crippen molar-refractivity contribution in [1.29, 1.82) is 0 Å². The van der Waals surface area contributed by atoms with Gasteiger partial charge in [-0.25, -0.2) is 9.97 Å². The van der Waals surface area contributed by atoms with Gasteiger partial charge in [0.2, 0.25) is 11.8 Å². The second-order valence-electron chi connectivity index (χ2n) is 7.76. The van der Waals surface area contributed by atoms with Gasteiger partial charge >= 0.3 is 0 Å². The Balaban J connectivity index is 1.92. The number of amides is 2. The zero-order valence-corrected chi connectivity index (χ0v) is 19.9. The zero-order chi connectivity index (χ0) is 22.1. The number of aromatic nitrogens is 2. The first-order valence-electron chi connectivity index (χ1n) is 10.4. The Kier molecular flexibility index (Phi) is 10.1. The van der Waals surface area contributed by atoms with Gasteiger partial charge in [0.1, 0.15) is 11.0 Å².